The van der Waals surface area contributed by atoms with E-state index in [0.29, 0.717) is 13.0 Å². The van der Waals surface area contributed by atoms with Crippen LogP contribution in [-0.4, -0.2) is 18.4 Å². The number of rotatable bonds is 4. The Labute approximate surface area is 77.0 Å². The zero-order chi connectivity index (χ0) is 7.98. The van der Waals surface area contributed by atoms with Crippen molar-refractivity contribution in [2.75, 3.05) is 6.61 Å². The van der Waals surface area contributed by atoms with Crippen LogP contribution in [0.5, 0.6) is 0 Å². The van der Waals surface area contributed by atoms with Crippen LogP contribution < -0.4 is 0 Å². The van der Waals surface area contributed by atoms with Gasteiger partial charge in [-0.25, -0.2) is 0 Å². The molecule has 0 saturated carbocycles. The van der Waals surface area contributed by atoms with Gasteiger partial charge in [-0.05, 0) is 6.92 Å². The van der Waals surface area contributed by atoms with E-state index < -0.39 is 5.97 Å². The van der Waals surface area contributed by atoms with Crippen molar-refractivity contribution in [2.45, 2.75) is 26.7 Å². The van der Waals surface area contributed by atoms with Crippen molar-refractivity contribution in [1.82, 2.24) is 0 Å². The van der Waals surface area contributed by atoms with Crippen molar-refractivity contribution in [2.24, 2.45) is 0 Å². The molecule has 0 atom stereocenters. The number of carbonyl (C=O) groups excluding carboxylic acids is 2. The van der Waals surface area contributed by atoms with Crippen LogP contribution in [0.15, 0.2) is 0 Å². The second-order valence-electron chi connectivity index (χ2n) is 1.87. The van der Waals surface area contributed by atoms with Crippen LogP contribution >= 0.6 is 0 Å². The molecule has 3 nitrogen and oxygen atoms in total. The quantitative estimate of drug-likeness (QED) is 0.385. The SMILES string of the molecule is CCOC(=O)CC(=O)CC.[Fe]. The molecule has 0 aliphatic rings. The standard InChI is InChI=1S/C7H12O3.Fe/c1-3-6(8)5-7(9)10-4-2;/h3-5H2,1-2H3;. The minimum absolute atomic E-state index is 0. The van der Waals surface area contributed by atoms with E-state index in [1.807, 2.05) is 0 Å². The van der Waals surface area contributed by atoms with Gasteiger partial charge in [0, 0.05) is 23.5 Å². The van der Waals surface area contributed by atoms with Crippen LogP contribution in [0.1, 0.15) is 26.7 Å². The maximum atomic E-state index is 10.6. The van der Waals surface area contributed by atoms with E-state index in [1.54, 1.807) is 13.8 Å². The molecule has 0 aromatic heterocycles. The topological polar surface area (TPSA) is 43.4 Å². The van der Waals surface area contributed by atoms with Crippen LogP contribution in [0.4, 0.5) is 0 Å². The molecular formula is C7H12FeO3. The van der Waals surface area contributed by atoms with Gasteiger partial charge in [0.15, 0.2) is 0 Å². The Morgan fingerprint density at radius 3 is 2.18 bits per heavy atom. The Morgan fingerprint density at radius 1 is 1.27 bits per heavy atom. The molecule has 0 bridgehead atoms. The summed E-state index contributed by atoms with van der Waals surface area (Å²) in [5.41, 5.74) is 0. The van der Waals surface area contributed by atoms with Crippen molar-refractivity contribution < 1.29 is 31.4 Å². The Kier molecular flexibility index (Phi) is 9.36. The van der Waals surface area contributed by atoms with Crippen molar-refractivity contribution >= 4 is 11.8 Å². The van der Waals surface area contributed by atoms with E-state index in [1.165, 1.54) is 0 Å². The molecule has 66 valence electrons. The van der Waals surface area contributed by atoms with Gasteiger partial charge in [0.1, 0.15) is 12.2 Å². The first-order valence-corrected chi connectivity index (χ1v) is 3.38. The molecule has 4 heteroatoms. The van der Waals surface area contributed by atoms with Crippen molar-refractivity contribution in [3.8, 4) is 0 Å². The van der Waals surface area contributed by atoms with Gasteiger partial charge in [0.05, 0.1) is 6.61 Å². The smallest absolute Gasteiger partial charge is 0.313 e. The number of ether oxygens (including phenoxy) is 1. The van der Waals surface area contributed by atoms with E-state index in [-0.39, 0.29) is 29.3 Å². The number of Topliss-reactive ketones (excluding diaryl/α,β-unsaturated/α-hetero) is 1. The minimum Gasteiger partial charge on any atom is -0.466 e. The molecule has 11 heavy (non-hydrogen) atoms. The summed E-state index contributed by atoms with van der Waals surface area (Å²) in [6.45, 7) is 3.78. The van der Waals surface area contributed by atoms with Gasteiger partial charge in [-0.3, -0.25) is 9.59 Å². The summed E-state index contributed by atoms with van der Waals surface area (Å²) in [6.07, 6.45) is 0.323. The van der Waals surface area contributed by atoms with E-state index in [9.17, 15) is 9.59 Å². The van der Waals surface area contributed by atoms with Crippen LogP contribution in [-0.2, 0) is 31.4 Å². The Morgan fingerprint density at radius 2 is 1.82 bits per heavy atom. The molecule has 0 radical (unpaired) electrons. The fraction of sp³-hybridized carbons (Fsp3) is 0.714. The maximum Gasteiger partial charge on any atom is 0.313 e. The van der Waals surface area contributed by atoms with E-state index in [4.69, 9.17) is 0 Å². The van der Waals surface area contributed by atoms with Gasteiger partial charge in [0.2, 0.25) is 0 Å². The fourth-order valence-corrected chi connectivity index (χ4v) is 0.498. The second-order valence-corrected chi connectivity index (χ2v) is 1.87. The summed E-state index contributed by atoms with van der Waals surface area (Å²) in [5.74, 6) is -0.493. The minimum atomic E-state index is -0.422. The average molecular weight is 200 g/mol. The average Bonchev–Trinajstić information content (AvgIpc) is 1.88. The Bertz CT molecular complexity index is 134. The summed E-state index contributed by atoms with van der Waals surface area (Å²) in [5, 5.41) is 0. The summed E-state index contributed by atoms with van der Waals surface area (Å²) in [4.78, 5) is 21.2. The number of hydrogen-bond donors (Lipinski definition) is 0. The fourth-order valence-electron chi connectivity index (χ4n) is 0.498. The summed E-state index contributed by atoms with van der Waals surface area (Å²) < 4.78 is 4.55. The normalized spacial score (nSPS) is 8.18. The first-order chi connectivity index (χ1) is 4.70. The van der Waals surface area contributed by atoms with Crippen molar-refractivity contribution in [3.05, 3.63) is 0 Å². The van der Waals surface area contributed by atoms with Gasteiger partial charge in [0.25, 0.3) is 0 Å². The molecular weight excluding hydrogens is 188 g/mol. The third-order valence-electron chi connectivity index (χ3n) is 1.04. The zero-order valence-electron chi connectivity index (χ0n) is 6.70. The van der Waals surface area contributed by atoms with Crippen LogP contribution in [0, 0.1) is 0 Å². The third-order valence-corrected chi connectivity index (χ3v) is 1.04. The van der Waals surface area contributed by atoms with Crippen LogP contribution in [0.3, 0.4) is 0 Å². The molecule has 0 fully saturated rings. The Hall–Kier alpha value is -0.341. The monoisotopic (exact) mass is 200 g/mol. The first kappa shape index (κ1) is 13.3. The zero-order valence-corrected chi connectivity index (χ0v) is 7.80. The Balaban J connectivity index is 0. The molecule has 0 heterocycles. The maximum absolute atomic E-state index is 10.6. The van der Waals surface area contributed by atoms with E-state index in [0.717, 1.165) is 0 Å². The number of hydrogen-bond acceptors (Lipinski definition) is 3. The molecule has 0 aliphatic carbocycles. The van der Waals surface area contributed by atoms with E-state index >= 15 is 0 Å². The second kappa shape index (κ2) is 7.76. The van der Waals surface area contributed by atoms with Gasteiger partial charge in [-0.15, -0.1) is 0 Å². The molecule has 0 aromatic carbocycles. The molecule has 0 spiro atoms. The van der Waals surface area contributed by atoms with Gasteiger partial charge in [-0.1, -0.05) is 6.92 Å². The molecule has 0 unspecified atom stereocenters. The predicted molar refractivity (Wildman–Crippen MR) is 36.5 cm³/mol. The molecule has 0 aromatic rings. The number of ketones is 1. The molecule has 0 amide bonds. The van der Waals surface area contributed by atoms with Crippen molar-refractivity contribution in [3.63, 3.8) is 0 Å². The molecule has 0 saturated heterocycles. The molecule has 0 aliphatic heterocycles. The van der Waals surface area contributed by atoms with Crippen LogP contribution in [0.2, 0.25) is 0 Å². The van der Waals surface area contributed by atoms with Gasteiger partial charge >= 0.3 is 5.97 Å². The summed E-state index contributed by atoms with van der Waals surface area (Å²) >= 11 is 0. The van der Waals surface area contributed by atoms with E-state index in [2.05, 4.69) is 4.74 Å². The predicted octanol–water partition coefficient (Wildman–Crippen LogP) is 0.916. The largest absolute Gasteiger partial charge is 0.466 e. The molecule has 0 rings (SSSR count). The summed E-state index contributed by atoms with van der Waals surface area (Å²) in [6, 6.07) is 0. The van der Waals surface area contributed by atoms with Gasteiger partial charge in [-0.2, -0.15) is 0 Å². The number of carbonyl (C=O) groups is 2. The van der Waals surface area contributed by atoms with Crippen LogP contribution in [0.25, 0.3) is 0 Å². The summed E-state index contributed by atoms with van der Waals surface area (Å²) in [7, 11) is 0. The molecule has 0 N–H and O–H groups in total. The van der Waals surface area contributed by atoms with Gasteiger partial charge < -0.3 is 4.74 Å². The number of esters is 1. The first-order valence-electron chi connectivity index (χ1n) is 3.38. The third kappa shape index (κ3) is 7.56. The van der Waals surface area contributed by atoms with Crippen molar-refractivity contribution in [1.29, 1.82) is 0 Å².